The number of rotatable bonds is 9. The standard InChI is InChI=1S/C27H34Cl2N2O3/c1-5-24(27(33)30-22-8-6-7-9-22)31(15-20-10-11-21(28)14-23(20)29)26(32)16-34-25-13-17(2)12-18(3)19(25)4/h10-14,22,24H,5-9,15-16H2,1-4H3,(H,30,33). The smallest absolute Gasteiger partial charge is 0.261 e. The van der Waals surface area contributed by atoms with Gasteiger partial charge in [-0.15, -0.1) is 0 Å². The average molecular weight is 505 g/mol. The first-order valence-electron chi connectivity index (χ1n) is 11.9. The van der Waals surface area contributed by atoms with Gasteiger partial charge in [-0.1, -0.05) is 55.1 Å². The molecule has 5 nitrogen and oxygen atoms in total. The summed E-state index contributed by atoms with van der Waals surface area (Å²) in [4.78, 5) is 28.3. The Bertz CT molecular complexity index is 1030. The van der Waals surface area contributed by atoms with E-state index in [9.17, 15) is 9.59 Å². The Hall–Kier alpha value is -2.24. The lowest BCUT2D eigenvalue weighted by molar-refractivity contribution is -0.143. The third-order valence-electron chi connectivity index (χ3n) is 6.56. The van der Waals surface area contributed by atoms with Gasteiger partial charge in [-0.05, 0) is 80.5 Å². The topological polar surface area (TPSA) is 58.6 Å². The highest BCUT2D eigenvalue weighted by Crippen LogP contribution is 2.26. The molecule has 1 fully saturated rings. The Labute approximate surface area is 212 Å². The van der Waals surface area contributed by atoms with Gasteiger partial charge >= 0.3 is 0 Å². The fraction of sp³-hybridized carbons (Fsp3) is 0.481. The van der Waals surface area contributed by atoms with E-state index >= 15 is 0 Å². The van der Waals surface area contributed by atoms with E-state index in [2.05, 4.69) is 11.4 Å². The number of carbonyl (C=O) groups is 2. The Morgan fingerprint density at radius 2 is 1.82 bits per heavy atom. The van der Waals surface area contributed by atoms with Gasteiger partial charge in [0.25, 0.3) is 5.91 Å². The number of aryl methyl sites for hydroxylation is 2. The number of nitrogens with zero attached hydrogens (tertiary/aromatic N) is 1. The molecule has 3 rings (SSSR count). The van der Waals surface area contributed by atoms with Gasteiger partial charge in [-0.3, -0.25) is 9.59 Å². The van der Waals surface area contributed by atoms with Gasteiger partial charge in [0.15, 0.2) is 6.61 Å². The van der Waals surface area contributed by atoms with E-state index in [1.165, 1.54) is 0 Å². The van der Waals surface area contributed by atoms with Crippen LogP contribution in [0.2, 0.25) is 10.0 Å². The molecular weight excluding hydrogens is 471 g/mol. The Morgan fingerprint density at radius 1 is 1.12 bits per heavy atom. The zero-order valence-electron chi connectivity index (χ0n) is 20.4. The van der Waals surface area contributed by atoms with Crippen LogP contribution >= 0.6 is 23.2 Å². The summed E-state index contributed by atoms with van der Waals surface area (Å²) >= 11 is 12.5. The van der Waals surface area contributed by atoms with Crippen LogP contribution in [0, 0.1) is 20.8 Å². The predicted molar refractivity (Wildman–Crippen MR) is 138 cm³/mol. The van der Waals surface area contributed by atoms with Crippen LogP contribution in [0.5, 0.6) is 5.75 Å². The fourth-order valence-electron chi connectivity index (χ4n) is 4.49. The highest BCUT2D eigenvalue weighted by atomic mass is 35.5. The summed E-state index contributed by atoms with van der Waals surface area (Å²) < 4.78 is 5.96. The van der Waals surface area contributed by atoms with Crippen molar-refractivity contribution in [3.63, 3.8) is 0 Å². The molecule has 0 bridgehead atoms. The summed E-state index contributed by atoms with van der Waals surface area (Å²) in [6, 6.07) is 8.74. The molecule has 1 aliphatic rings. The normalized spacial score (nSPS) is 14.6. The second-order valence-electron chi connectivity index (χ2n) is 9.17. The highest BCUT2D eigenvalue weighted by molar-refractivity contribution is 6.35. The summed E-state index contributed by atoms with van der Waals surface area (Å²) in [5.41, 5.74) is 3.90. The molecule has 0 saturated heterocycles. The molecule has 1 saturated carbocycles. The van der Waals surface area contributed by atoms with Crippen molar-refractivity contribution < 1.29 is 14.3 Å². The molecule has 0 radical (unpaired) electrons. The van der Waals surface area contributed by atoms with Gasteiger partial charge in [0.2, 0.25) is 5.91 Å². The SMILES string of the molecule is CCC(C(=O)NC1CCCC1)N(Cc1ccc(Cl)cc1Cl)C(=O)COc1cc(C)cc(C)c1C. The molecule has 1 N–H and O–H groups in total. The molecule has 7 heteroatoms. The van der Waals surface area contributed by atoms with Crippen LogP contribution in [-0.2, 0) is 16.1 Å². The first-order valence-corrected chi connectivity index (χ1v) is 12.7. The number of halogens is 2. The van der Waals surface area contributed by atoms with E-state index in [0.29, 0.717) is 22.2 Å². The number of nitrogens with one attached hydrogen (secondary N) is 1. The molecular formula is C27H34Cl2N2O3. The summed E-state index contributed by atoms with van der Waals surface area (Å²) in [6.07, 6.45) is 4.68. The molecule has 1 unspecified atom stereocenters. The van der Waals surface area contributed by atoms with Gasteiger partial charge in [0.05, 0.1) is 0 Å². The minimum atomic E-state index is -0.621. The van der Waals surface area contributed by atoms with Crippen molar-refractivity contribution in [2.24, 2.45) is 0 Å². The molecule has 0 spiro atoms. The van der Waals surface area contributed by atoms with Crippen molar-refractivity contribution in [1.29, 1.82) is 0 Å². The van der Waals surface area contributed by atoms with Crippen LogP contribution < -0.4 is 10.1 Å². The maximum Gasteiger partial charge on any atom is 0.261 e. The van der Waals surface area contributed by atoms with Crippen LogP contribution in [0.4, 0.5) is 0 Å². The average Bonchev–Trinajstić information content (AvgIpc) is 3.29. The number of amides is 2. The molecule has 184 valence electrons. The number of benzene rings is 2. The summed E-state index contributed by atoms with van der Waals surface area (Å²) in [5.74, 6) is 0.284. The zero-order valence-corrected chi connectivity index (χ0v) is 21.9. The first-order chi connectivity index (χ1) is 16.2. The van der Waals surface area contributed by atoms with Gasteiger partial charge in [0.1, 0.15) is 11.8 Å². The van der Waals surface area contributed by atoms with E-state index in [0.717, 1.165) is 47.9 Å². The van der Waals surface area contributed by atoms with E-state index in [4.69, 9.17) is 27.9 Å². The molecule has 0 heterocycles. The van der Waals surface area contributed by atoms with Crippen LogP contribution in [0.1, 0.15) is 61.3 Å². The first kappa shape index (κ1) is 26.4. The quantitative estimate of drug-likeness (QED) is 0.444. The van der Waals surface area contributed by atoms with Crippen LogP contribution in [0.25, 0.3) is 0 Å². The summed E-state index contributed by atoms with van der Waals surface area (Å²) in [5, 5.41) is 4.13. The van der Waals surface area contributed by atoms with E-state index in [1.54, 1.807) is 23.1 Å². The second-order valence-corrected chi connectivity index (χ2v) is 10.0. The van der Waals surface area contributed by atoms with E-state index in [1.807, 2.05) is 33.8 Å². The number of hydrogen-bond donors (Lipinski definition) is 1. The van der Waals surface area contributed by atoms with Crippen molar-refractivity contribution >= 4 is 35.0 Å². The monoisotopic (exact) mass is 504 g/mol. The molecule has 1 atom stereocenters. The minimum Gasteiger partial charge on any atom is -0.483 e. The lowest BCUT2D eigenvalue weighted by Gasteiger charge is -2.31. The summed E-state index contributed by atoms with van der Waals surface area (Å²) in [7, 11) is 0. The lowest BCUT2D eigenvalue weighted by Crippen LogP contribution is -2.52. The maximum atomic E-state index is 13.5. The van der Waals surface area contributed by atoms with Crippen molar-refractivity contribution in [2.75, 3.05) is 6.61 Å². The van der Waals surface area contributed by atoms with Gasteiger partial charge in [0, 0.05) is 22.6 Å². The second kappa shape index (κ2) is 11.9. The number of ether oxygens (including phenoxy) is 1. The highest BCUT2D eigenvalue weighted by Gasteiger charge is 2.31. The fourth-order valence-corrected chi connectivity index (χ4v) is 4.96. The van der Waals surface area contributed by atoms with Crippen molar-refractivity contribution in [1.82, 2.24) is 10.2 Å². The lowest BCUT2D eigenvalue weighted by atomic mass is 10.1. The van der Waals surface area contributed by atoms with Gasteiger partial charge in [-0.25, -0.2) is 0 Å². The van der Waals surface area contributed by atoms with Crippen LogP contribution in [0.15, 0.2) is 30.3 Å². The molecule has 0 aromatic heterocycles. The largest absolute Gasteiger partial charge is 0.483 e. The van der Waals surface area contributed by atoms with E-state index < -0.39 is 6.04 Å². The minimum absolute atomic E-state index is 0.129. The maximum absolute atomic E-state index is 13.5. The zero-order chi connectivity index (χ0) is 24.8. The predicted octanol–water partition coefficient (Wildman–Crippen LogP) is 6.16. The Kier molecular flexibility index (Phi) is 9.26. The van der Waals surface area contributed by atoms with Crippen LogP contribution in [-0.4, -0.2) is 35.4 Å². The molecule has 1 aliphatic carbocycles. The summed E-state index contributed by atoms with van der Waals surface area (Å²) in [6.45, 7) is 7.94. The van der Waals surface area contributed by atoms with E-state index in [-0.39, 0.29) is 31.0 Å². The Balaban J connectivity index is 1.83. The van der Waals surface area contributed by atoms with Crippen molar-refractivity contribution in [3.8, 4) is 5.75 Å². The molecule has 0 aliphatic heterocycles. The van der Waals surface area contributed by atoms with Crippen molar-refractivity contribution in [2.45, 2.75) is 78.4 Å². The molecule has 2 amide bonds. The van der Waals surface area contributed by atoms with Gasteiger partial charge in [-0.2, -0.15) is 0 Å². The third kappa shape index (κ3) is 6.67. The third-order valence-corrected chi connectivity index (χ3v) is 7.15. The molecule has 2 aromatic rings. The molecule has 2 aromatic carbocycles. The van der Waals surface area contributed by atoms with Crippen molar-refractivity contribution in [3.05, 3.63) is 62.6 Å². The Morgan fingerprint density at radius 3 is 2.47 bits per heavy atom. The van der Waals surface area contributed by atoms with Crippen LogP contribution in [0.3, 0.4) is 0 Å². The molecule has 34 heavy (non-hydrogen) atoms. The number of carbonyl (C=O) groups excluding carboxylic acids is 2. The number of hydrogen-bond acceptors (Lipinski definition) is 3. The van der Waals surface area contributed by atoms with Gasteiger partial charge < -0.3 is 15.0 Å².